The number of nitrogens with one attached hydrogen (secondary N) is 2. The van der Waals surface area contributed by atoms with E-state index >= 15 is 0 Å². The van der Waals surface area contributed by atoms with Gasteiger partial charge in [0.05, 0.1) is 5.41 Å². The molecule has 1 heterocycles. The van der Waals surface area contributed by atoms with Crippen LogP contribution in [-0.4, -0.2) is 10.9 Å². The minimum absolute atomic E-state index is 0.0258. The highest BCUT2D eigenvalue weighted by atomic mass is 35.5. The van der Waals surface area contributed by atoms with Crippen molar-refractivity contribution < 1.29 is 4.79 Å². The van der Waals surface area contributed by atoms with Crippen LogP contribution in [0, 0.1) is 0 Å². The molecule has 4 heteroatoms. The average molecular weight is 327 g/mol. The van der Waals surface area contributed by atoms with Gasteiger partial charge in [-0.2, -0.15) is 0 Å². The van der Waals surface area contributed by atoms with E-state index in [0.29, 0.717) is 11.6 Å². The average Bonchev–Trinajstić information content (AvgIpc) is 2.98. The Balaban J connectivity index is 1.82. The van der Waals surface area contributed by atoms with E-state index < -0.39 is 5.41 Å². The molecule has 23 heavy (non-hydrogen) atoms. The summed E-state index contributed by atoms with van der Waals surface area (Å²) in [5, 5.41) is 4.73. The van der Waals surface area contributed by atoms with Gasteiger partial charge in [-0.05, 0) is 37.1 Å². The fourth-order valence-corrected chi connectivity index (χ4v) is 2.95. The number of halogens is 1. The lowest BCUT2D eigenvalue weighted by Crippen LogP contribution is -2.39. The summed E-state index contributed by atoms with van der Waals surface area (Å²) in [7, 11) is 0. The van der Waals surface area contributed by atoms with Gasteiger partial charge in [0.2, 0.25) is 5.91 Å². The van der Waals surface area contributed by atoms with Gasteiger partial charge in [-0.25, -0.2) is 0 Å². The van der Waals surface area contributed by atoms with Crippen LogP contribution < -0.4 is 5.32 Å². The lowest BCUT2D eigenvalue weighted by molar-refractivity contribution is -0.125. The minimum Gasteiger partial charge on any atom is -0.361 e. The van der Waals surface area contributed by atoms with Crippen LogP contribution in [0.2, 0.25) is 5.02 Å². The maximum atomic E-state index is 12.7. The summed E-state index contributed by atoms with van der Waals surface area (Å²) >= 11 is 6.14. The second-order valence-corrected chi connectivity index (χ2v) is 6.55. The third-order valence-electron chi connectivity index (χ3n) is 4.23. The first-order chi connectivity index (χ1) is 11.0. The molecule has 0 aliphatic rings. The largest absolute Gasteiger partial charge is 0.361 e. The van der Waals surface area contributed by atoms with Gasteiger partial charge in [0.1, 0.15) is 0 Å². The summed E-state index contributed by atoms with van der Waals surface area (Å²) in [6.45, 7) is 4.29. The van der Waals surface area contributed by atoms with Gasteiger partial charge in [-0.15, -0.1) is 0 Å². The number of rotatable bonds is 4. The van der Waals surface area contributed by atoms with Crippen molar-refractivity contribution in [1.82, 2.24) is 10.3 Å². The smallest absolute Gasteiger partial charge is 0.230 e. The number of para-hydroxylation sites is 1. The van der Waals surface area contributed by atoms with Crippen molar-refractivity contribution in [2.75, 3.05) is 0 Å². The first kappa shape index (κ1) is 15.6. The number of amides is 1. The molecule has 0 fully saturated rings. The molecule has 0 unspecified atom stereocenters. The van der Waals surface area contributed by atoms with Crippen molar-refractivity contribution in [3.63, 3.8) is 0 Å². The molecule has 0 radical (unpaired) electrons. The SMILES string of the molecule is CC(C)(C(=O)NCc1ccccc1Cl)c1c[nH]c2ccccc12. The molecule has 1 aromatic heterocycles. The van der Waals surface area contributed by atoms with Crippen LogP contribution in [0.3, 0.4) is 0 Å². The van der Waals surface area contributed by atoms with E-state index in [0.717, 1.165) is 22.0 Å². The van der Waals surface area contributed by atoms with Crippen molar-refractivity contribution >= 4 is 28.4 Å². The number of benzene rings is 2. The fraction of sp³-hybridized carbons (Fsp3) is 0.211. The maximum Gasteiger partial charge on any atom is 0.230 e. The van der Waals surface area contributed by atoms with Gasteiger partial charge in [0.15, 0.2) is 0 Å². The maximum absolute atomic E-state index is 12.7. The number of fused-ring (bicyclic) bond motifs is 1. The predicted molar refractivity (Wildman–Crippen MR) is 94.6 cm³/mol. The summed E-state index contributed by atoms with van der Waals surface area (Å²) in [4.78, 5) is 16.0. The Morgan fingerprint density at radius 2 is 1.83 bits per heavy atom. The summed E-state index contributed by atoms with van der Waals surface area (Å²) < 4.78 is 0. The highest BCUT2D eigenvalue weighted by Gasteiger charge is 2.31. The first-order valence-corrected chi connectivity index (χ1v) is 7.96. The van der Waals surface area contributed by atoms with Gasteiger partial charge >= 0.3 is 0 Å². The van der Waals surface area contributed by atoms with Gasteiger partial charge in [-0.1, -0.05) is 48.0 Å². The van der Waals surface area contributed by atoms with Crippen molar-refractivity contribution in [2.45, 2.75) is 25.8 Å². The van der Waals surface area contributed by atoms with E-state index in [-0.39, 0.29) is 5.91 Å². The molecule has 1 amide bonds. The van der Waals surface area contributed by atoms with E-state index in [1.807, 2.05) is 68.6 Å². The van der Waals surface area contributed by atoms with Crippen LogP contribution in [0.25, 0.3) is 10.9 Å². The monoisotopic (exact) mass is 326 g/mol. The first-order valence-electron chi connectivity index (χ1n) is 7.58. The minimum atomic E-state index is -0.638. The lowest BCUT2D eigenvalue weighted by Gasteiger charge is -2.23. The quantitative estimate of drug-likeness (QED) is 0.732. The van der Waals surface area contributed by atoms with E-state index in [1.165, 1.54) is 0 Å². The normalized spacial score (nSPS) is 11.6. The molecular formula is C19H19ClN2O. The van der Waals surface area contributed by atoms with Crippen LogP contribution in [-0.2, 0) is 16.8 Å². The van der Waals surface area contributed by atoms with Crippen molar-refractivity contribution in [2.24, 2.45) is 0 Å². The molecule has 3 rings (SSSR count). The number of hydrogen-bond acceptors (Lipinski definition) is 1. The molecule has 0 saturated carbocycles. The summed E-state index contributed by atoms with van der Waals surface area (Å²) in [5.41, 5.74) is 2.30. The Kier molecular flexibility index (Phi) is 4.14. The van der Waals surface area contributed by atoms with E-state index in [1.54, 1.807) is 0 Å². The Labute approximate surface area is 140 Å². The van der Waals surface area contributed by atoms with Gasteiger partial charge in [0, 0.05) is 28.7 Å². The Bertz CT molecular complexity index is 851. The number of H-pyrrole nitrogens is 1. The van der Waals surface area contributed by atoms with Crippen LogP contribution in [0.1, 0.15) is 25.0 Å². The third-order valence-corrected chi connectivity index (χ3v) is 4.60. The third kappa shape index (κ3) is 2.97. The van der Waals surface area contributed by atoms with Crippen LogP contribution >= 0.6 is 11.6 Å². The fourth-order valence-electron chi connectivity index (χ4n) is 2.75. The molecule has 0 aliphatic carbocycles. The molecule has 0 saturated heterocycles. The lowest BCUT2D eigenvalue weighted by atomic mass is 9.83. The number of carbonyl (C=O) groups is 1. The van der Waals surface area contributed by atoms with Crippen LogP contribution in [0.5, 0.6) is 0 Å². The highest BCUT2D eigenvalue weighted by molar-refractivity contribution is 6.31. The number of aromatic nitrogens is 1. The second kappa shape index (κ2) is 6.09. The number of aromatic amines is 1. The molecule has 0 bridgehead atoms. The predicted octanol–water partition coefficient (Wildman–Crippen LogP) is 4.42. The van der Waals surface area contributed by atoms with Gasteiger partial charge in [-0.3, -0.25) is 4.79 Å². The Hall–Kier alpha value is -2.26. The molecule has 2 aromatic carbocycles. The molecule has 118 valence electrons. The molecule has 0 spiro atoms. The second-order valence-electron chi connectivity index (χ2n) is 6.15. The zero-order chi connectivity index (χ0) is 16.4. The van der Waals surface area contributed by atoms with E-state index in [2.05, 4.69) is 10.3 Å². The van der Waals surface area contributed by atoms with Gasteiger partial charge < -0.3 is 10.3 Å². The molecule has 3 nitrogen and oxygen atoms in total. The zero-order valence-corrected chi connectivity index (χ0v) is 13.9. The summed E-state index contributed by atoms with van der Waals surface area (Å²) in [5.74, 6) is -0.0258. The number of carbonyl (C=O) groups excluding carboxylic acids is 1. The molecule has 3 aromatic rings. The molecular weight excluding hydrogens is 308 g/mol. The van der Waals surface area contributed by atoms with Crippen molar-refractivity contribution in [1.29, 1.82) is 0 Å². The zero-order valence-electron chi connectivity index (χ0n) is 13.2. The van der Waals surface area contributed by atoms with Crippen molar-refractivity contribution in [3.8, 4) is 0 Å². The summed E-state index contributed by atoms with van der Waals surface area (Å²) in [6, 6.07) is 15.5. The Morgan fingerprint density at radius 3 is 2.61 bits per heavy atom. The molecule has 0 atom stereocenters. The molecule has 0 aliphatic heterocycles. The topological polar surface area (TPSA) is 44.9 Å². The number of hydrogen-bond donors (Lipinski definition) is 2. The standard InChI is InChI=1S/C19H19ClN2O/c1-19(2,15-12-21-17-10-6-4-8-14(15)17)18(23)22-11-13-7-3-5-9-16(13)20/h3-10,12,21H,11H2,1-2H3,(H,22,23). The summed E-state index contributed by atoms with van der Waals surface area (Å²) in [6.07, 6.45) is 1.92. The van der Waals surface area contributed by atoms with Gasteiger partial charge in [0.25, 0.3) is 0 Å². The van der Waals surface area contributed by atoms with Crippen LogP contribution in [0.4, 0.5) is 0 Å². The van der Waals surface area contributed by atoms with E-state index in [4.69, 9.17) is 11.6 Å². The van der Waals surface area contributed by atoms with Crippen molar-refractivity contribution in [3.05, 3.63) is 70.9 Å². The highest BCUT2D eigenvalue weighted by Crippen LogP contribution is 2.30. The van der Waals surface area contributed by atoms with Crippen LogP contribution in [0.15, 0.2) is 54.7 Å². The van der Waals surface area contributed by atoms with E-state index in [9.17, 15) is 4.79 Å². The molecule has 2 N–H and O–H groups in total. The Morgan fingerprint density at radius 1 is 1.13 bits per heavy atom.